The van der Waals surface area contributed by atoms with Gasteiger partial charge >= 0.3 is 0 Å². The highest BCUT2D eigenvalue weighted by Gasteiger charge is 2.22. The van der Waals surface area contributed by atoms with Crippen molar-refractivity contribution in [2.24, 2.45) is 0 Å². The van der Waals surface area contributed by atoms with Gasteiger partial charge in [0.05, 0.1) is 0 Å². The SMILES string of the molecule is CCCCOCCC(CNC1CC1)c1cccc(Cl)c1. The van der Waals surface area contributed by atoms with Crippen molar-refractivity contribution in [1.82, 2.24) is 5.32 Å². The molecule has 2 nitrogen and oxygen atoms in total. The van der Waals surface area contributed by atoms with Crippen LogP contribution in [0.5, 0.6) is 0 Å². The van der Waals surface area contributed by atoms with Crippen molar-refractivity contribution >= 4 is 11.6 Å². The van der Waals surface area contributed by atoms with E-state index in [4.69, 9.17) is 16.3 Å². The van der Waals surface area contributed by atoms with Gasteiger partial charge in [-0.25, -0.2) is 0 Å². The molecule has 112 valence electrons. The van der Waals surface area contributed by atoms with Gasteiger partial charge in [-0.1, -0.05) is 37.1 Å². The van der Waals surface area contributed by atoms with Crippen LogP contribution in [0.2, 0.25) is 5.02 Å². The molecule has 0 aromatic heterocycles. The molecule has 1 aliphatic carbocycles. The van der Waals surface area contributed by atoms with Crippen LogP contribution in [0.1, 0.15) is 50.5 Å². The van der Waals surface area contributed by atoms with E-state index < -0.39 is 0 Å². The average molecular weight is 296 g/mol. The number of nitrogens with one attached hydrogen (secondary N) is 1. The molecule has 1 atom stereocenters. The zero-order valence-electron chi connectivity index (χ0n) is 12.4. The Labute approximate surface area is 127 Å². The summed E-state index contributed by atoms with van der Waals surface area (Å²) in [6.07, 6.45) is 6.07. The monoisotopic (exact) mass is 295 g/mol. The van der Waals surface area contributed by atoms with Crippen molar-refractivity contribution in [1.29, 1.82) is 0 Å². The number of hydrogen-bond donors (Lipinski definition) is 1. The summed E-state index contributed by atoms with van der Waals surface area (Å²) in [7, 11) is 0. The molecule has 1 fully saturated rings. The van der Waals surface area contributed by atoms with E-state index >= 15 is 0 Å². The Morgan fingerprint density at radius 3 is 2.90 bits per heavy atom. The van der Waals surface area contributed by atoms with Crippen molar-refractivity contribution in [3.8, 4) is 0 Å². The molecule has 0 heterocycles. The van der Waals surface area contributed by atoms with E-state index in [1.807, 2.05) is 12.1 Å². The first kappa shape index (κ1) is 15.8. The fourth-order valence-corrected chi connectivity index (χ4v) is 2.52. The minimum atomic E-state index is 0.496. The predicted molar refractivity (Wildman–Crippen MR) is 85.6 cm³/mol. The minimum Gasteiger partial charge on any atom is -0.381 e. The number of hydrogen-bond acceptors (Lipinski definition) is 2. The summed E-state index contributed by atoms with van der Waals surface area (Å²) in [6.45, 7) is 4.94. The van der Waals surface area contributed by atoms with Crippen molar-refractivity contribution in [3.05, 3.63) is 34.9 Å². The third kappa shape index (κ3) is 5.82. The molecule has 1 aromatic carbocycles. The minimum absolute atomic E-state index is 0.496. The maximum absolute atomic E-state index is 6.11. The highest BCUT2D eigenvalue weighted by molar-refractivity contribution is 6.30. The van der Waals surface area contributed by atoms with Crippen molar-refractivity contribution < 1.29 is 4.74 Å². The first-order valence-corrected chi connectivity index (χ1v) is 8.24. The Kier molecular flexibility index (Phi) is 6.85. The van der Waals surface area contributed by atoms with Crippen LogP contribution in [0.3, 0.4) is 0 Å². The van der Waals surface area contributed by atoms with Crippen LogP contribution in [0.4, 0.5) is 0 Å². The Balaban J connectivity index is 1.82. The van der Waals surface area contributed by atoms with Crippen LogP contribution in [0, 0.1) is 0 Å². The van der Waals surface area contributed by atoms with Crippen LogP contribution >= 0.6 is 11.6 Å². The van der Waals surface area contributed by atoms with Crippen LogP contribution < -0.4 is 5.32 Å². The van der Waals surface area contributed by atoms with Crippen LogP contribution in [-0.4, -0.2) is 25.8 Å². The highest BCUT2D eigenvalue weighted by atomic mass is 35.5. The first-order valence-electron chi connectivity index (χ1n) is 7.86. The van der Waals surface area contributed by atoms with Gasteiger partial charge in [0.2, 0.25) is 0 Å². The van der Waals surface area contributed by atoms with Crippen LogP contribution in [0.15, 0.2) is 24.3 Å². The molecule has 1 unspecified atom stereocenters. The van der Waals surface area contributed by atoms with E-state index in [-0.39, 0.29) is 0 Å². The summed E-state index contributed by atoms with van der Waals surface area (Å²) in [5.41, 5.74) is 1.32. The molecule has 0 saturated heterocycles. The van der Waals surface area contributed by atoms with Crippen LogP contribution in [0.25, 0.3) is 0 Å². The summed E-state index contributed by atoms with van der Waals surface area (Å²) in [4.78, 5) is 0. The van der Waals surface area contributed by atoms with Gasteiger partial charge in [-0.2, -0.15) is 0 Å². The van der Waals surface area contributed by atoms with Gasteiger partial charge in [-0.05, 0) is 49.3 Å². The molecule has 20 heavy (non-hydrogen) atoms. The highest BCUT2D eigenvalue weighted by Crippen LogP contribution is 2.25. The van der Waals surface area contributed by atoms with E-state index in [0.717, 1.165) is 43.7 Å². The van der Waals surface area contributed by atoms with Gasteiger partial charge in [-0.15, -0.1) is 0 Å². The summed E-state index contributed by atoms with van der Waals surface area (Å²) in [6, 6.07) is 9.00. The number of benzene rings is 1. The van der Waals surface area contributed by atoms with Gasteiger partial charge < -0.3 is 10.1 Å². The fraction of sp³-hybridized carbons (Fsp3) is 0.647. The van der Waals surface area contributed by atoms with Gasteiger partial charge in [0, 0.05) is 30.8 Å². The molecular weight excluding hydrogens is 270 g/mol. The lowest BCUT2D eigenvalue weighted by Crippen LogP contribution is -2.24. The molecule has 0 radical (unpaired) electrons. The van der Waals surface area contributed by atoms with E-state index in [0.29, 0.717) is 5.92 Å². The molecule has 3 heteroatoms. The van der Waals surface area contributed by atoms with Crippen LogP contribution in [-0.2, 0) is 4.74 Å². The molecule has 0 aliphatic heterocycles. The molecule has 0 amide bonds. The normalized spacial score (nSPS) is 16.3. The van der Waals surface area contributed by atoms with E-state index in [1.54, 1.807) is 0 Å². The number of ether oxygens (including phenoxy) is 1. The fourth-order valence-electron chi connectivity index (χ4n) is 2.32. The second-order valence-electron chi connectivity index (χ2n) is 5.69. The van der Waals surface area contributed by atoms with E-state index in [1.165, 1.54) is 24.8 Å². The average Bonchev–Trinajstić information content (AvgIpc) is 3.26. The smallest absolute Gasteiger partial charge is 0.0472 e. The summed E-state index contributed by atoms with van der Waals surface area (Å²) >= 11 is 6.11. The van der Waals surface area contributed by atoms with E-state index in [2.05, 4.69) is 24.4 Å². The molecule has 0 bridgehead atoms. The Hall–Kier alpha value is -0.570. The molecule has 1 aliphatic rings. The molecule has 2 rings (SSSR count). The lowest BCUT2D eigenvalue weighted by atomic mass is 9.96. The Morgan fingerprint density at radius 2 is 2.20 bits per heavy atom. The second kappa shape index (κ2) is 8.66. The van der Waals surface area contributed by atoms with Gasteiger partial charge in [-0.3, -0.25) is 0 Å². The third-order valence-electron chi connectivity index (χ3n) is 3.80. The summed E-state index contributed by atoms with van der Waals surface area (Å²) in [5, 5.41) is 4.45. The zero-order valence-corrected chi connectivity index (χ0v) is 13.2. The summed E-state index contributed by atoms with van der Waals surface area (Å²) in [5.74, 6) is 0.496. The maximum Gasteiger partial charge on any atom is 0.0472 e. The Morgan fingerprint density at radius 1 is 1.35 bits per heavy atom. The first-order chi connectivity index (χ1) is 9.79. The maximum atomic E-state index is 6.11. The Bertz CT molecular complexity index is 392. The topological polar surface area (TPSA) is 21.3 Å². The lowest BCUT2D eigenvalue weighted by molar-refractivity contribution is 0.124. The van der Waals surface area contributed by atoms with Crippen molar-refractivity contribution in [2.75, 3.05) is 19.8 Å². The van der Waals surface area contributed by atoms with Gasteiger partial charge in [0.1, 0.15) is 0 Å². The standard InChI is InChI=1S/C17H26ClNO/c1-2-3-10-20-11-9-15(13-19-17-7-8-17)14-5-4-6-16(18)12-14/h4-6,12,15,17,19H,2-3,7-11,13H2,1H3. The van der Waals surface area contributed by atoms with Gasteiger partial charge in [0.15, 0.2) is 0 Å². The second-order valence-corrected chi connectivity index (χ2v) is 6.13. The zero-order chi connectivity index (χ0) is 14.2. The molecule has 1 N–H and O–H groups in total. The third-order valence-corrected chi connectivity index (χ3v) is 4.04. The number of unbranched alkanes of at least 4 members (excludes halogenated alkanes) is 1. The number of rotatable bonds is 10. The molecule has 1 aromatic rings. The number of halogens is 1. The predicted octanol–water partition coefficient (Wildman–Crippen LogP) is 4.38. The van der Waals surface area contributed by atoms with Crippen molar-refractivity contribution in [3.63, 3.8) is 0 Å². The molecular formula is C17H26ClNO. The largest absolute Gasteiger partial charge is 0.381 e. The van der Waals surface area contributed by atoms with Gasteiger partial charge in [0.25, 0.3) is 0 Å². The molecule has 1 saturated carbocycles. The lowest BCUT2D eigenvalue weighted by Gasteiger charge is -2.18. The van der Waals surface area contributed by atoms with Crippen molar-refractivity contribution in [2.45, 2.75) is 51.0 Å². The summed E-state index contributed by atoms with van der Waals surface area (Å²) < 4.78 is 5.72. The van der Waals surface area contributed by atoms with E-state index in [9.17, 15) is 0 Å². The molecule has 0 spiro atoms. The quantitative estimate of drug-likeness (QED) is 0.647.